The molecule has 0 heterocycles. The van der Waals surface area contributed by atoms with E-state index < -0.39 is 15.9 Å². The number of methoxy groups -OCH3 is 2. The van der Waals surface area contributed by atoms with Crippen molar-refractivity contribution in [1.29, 1.82) is 0 Å². The Bertz CT molecular complexity index is 992. The third-order valence-electron chi connectivity index (χ3n) is 4.11. The lowest BCUT2D eigenvalue weighted by Crippen LogP contribution is -2.27. The van der Waals surface area contributed by atoms with E-state index >= 15 is 0 Å². The number of carbonyl (C=O) groups excluding carboxylic acids is 1. The zero-order valence-corrected chi connectivity index (χ0v) is 20.4. The van der Waals surface area contributed by atoms with Crippen LogP contribution in [0.1, 0.15) is 24.2 Å². The zero-order chi connectivity index (χ0) is 23.0. The van der Waals surface area contributed by atoms with Gasteiger partial charge in [0.05, 0.1) is 31.9 Å². The van der Waals surface area contributed by atoms with Gasteiger partial charge in [0.1, 0.15) is 29.4 Å². The van der Waals surface area contributed by atoms with Crippen molar-refractivity contribution in [2.24, 2.45) is 0 Å². The topological polar surface area (TPSA) is 115 Å². The van der Waals surface area contributed by atoms with E-state index in [2.05, 4.69) is 15.4 Å². The first-order chi connectivity index (χ1) is 14.6. The van der Waals surface area contributed by atoms with Crippen LogP contribution in [-0.4, -0.2) is 54.0 Å². The average molecular weight is 488 g/mol. The molecule has 2 aromatic carbocycles. The summed E-state index contributed by atoms with van der Waals surface area (Å²) in [4.78, 5) is 13.0. The first kappa shape index (κ1) is 27.3. The normalized spacial score (nSPS) is 10.8. The third-order valence-corrected chi connectivity index (χ3v) is 4.70. The Morgan fingerprint density at radius 3 is 2.19 bits per heavy atom. The fraction of sp³-hybridized carbons (Fsp3) is 0.381. The number of hydrogen-bond donors (Lipinski definition) is 3. The van der Waals surface area contributed by atoms with Crippen LogP contribution in [0.3, 0.4) is 0 Å². The van der Waals surface area contributed by atoms with Gasteiger partial charge in [0.15, 0.2) is 0 Å². The standard InChI is InChI=1S/C21H29N3O6S.ClH/c1-14(2)22-11-12-30-15-9-10-16(17(13-15)24-31(5,26)27)23-21(25)20-18(28-3)7-6-8-19(20)29-4;/h6-10,13-14,22,24H,11-12H2,1-5H3,(H,23,25);1H. The van der Waals surface area contributed by atoms with Gasteiger partial charge >= 0.3 is 0 Å². The largest absolute Gasteiger partial charge is 0.496 e. The number of halogens is 1. The van der Waals surface area contributed by atoms with Crippen molar-refractivity contribution in [3.8, 4) is 17.2 Å². The summed E-state index contributed by atoms with van der Waals surface area (Å²) in [6.45, 7) is 5.10. The van der Waals surface area contributed by atoms with E-state index in [0.29, 0.717) is 36.4 Å². The maximum Gasteiger partial charge on any atom is 0.263 e. The Balaban J connectivity index is 0.00000512. The molecule has 1 amide bonds. The Morgan fingerprint density at radius 2 is 1.66 bits per heavy atom. The molecule has 0 saturated heterocycles. The van der Waals surface area contributed by atoms with Crippen LogP contribution in [0.25, 0.3) is 0 Å². The van der Waals surface area contributed by atoms with Crippen molar-refractivity contribution in [1.82, 2.24) is 5.32 Å². The molecule has 0 aliphatic heterocycles. The summed E-state index contributed by atoms with van der Waals surface area (Å²) in [6, 6.07) is 10.0. The van der Waals surface area contributed by atoms with E-state index in [0.717, 1.165) is 6.26 Å². The Labute approximate surface area is 195 Å². The number of nitrogens with one attached hydrogen (secondary N) is 3. The molecule has 0 unspecified atom stereocenters. The summed E-state index contributed by atoms with van der Waals surface area (Å²) in [5.41, 5.74) is 0.632. The van der Waals surface area contributed by atoms with Crippen molar-refractivity contribution < 1.29 is 27.4 Å². The summed E-state index contributed by atoms with van der Waals surface area (Å²) < 4.78 is 42.3. The average Bonchev–Trinajstić information content (AvgIpc) is 2.70. The van der Waals surface area contributed by atoms with Gasteiger partial charge in [-0.05, 0) is 24.3 Å². The van der Waals surface area contributed by atoms with Crippen molar-refractivity contribution in [2.45, 2.75) is 19.9 Å². The van der Waals surface area contributed by atoms with E-state index in [4.69, 9.17) is 14.2 Å². The number of rotatable bonds is 11. The first-order valence-corrected chi connectivity index (χ1v) is 11.5. The van der Waals surface area contributed by atoms with Gasteiger partial charge < -0.3 is 24.8 Å². The Kier molecular flexibility index (Phi) is 10.6. The van der Waals surface area contributed by atoms with Crippen LogP contribution in [0.15, 0.2) is 36.4 Å². The number of hydrogen-bond acceptors (Lipinski definition) is 7. The van der Waals surface area contributed by atoms with Crippen LogP contribution >= 0.6 is 12.4 Å². The smallest absolute Gasteiger partial charge is 0.263 e. The molecule has 11 heteroatoms. The highest BCUT2D eigenvalue weighted by molar-refractivity contribution is 7.92. The molecule has 0 aromatic heterocycles. The molecule has 0 aliphatic carbocycles. The summed E-state index contributed by atoms with van der Waals surface area (Å²) >= 11 is 0. The predicted molar refractivity (Wildman–Crippen MR) is 128 cm³/mol. The van der Waals surface area contributed by atoms with E-state index in [1.54, 1.807) is 30.3 Å². The number of carbonyl (C=O) groups is 1. The lowest BCUT2D eigenvalue weighted by molar-refractivity contribution is 0.102. The van der Waals surface area contributed by atoms with Crippen molar-refractivity contribution in [2.75, 3.05) is 43.7 Å². The molecule has 9 nitrogen and oxygen atoms in total. The molecule has 2 rings (SSSR count). The molecule has 0 atom stereocenters. The van der Waals surface area contributed by atoms with Crippen molar-refractivity contribution in [3.05, 3.63) is 42.0 Å². The molecular formula is C21H30ClN3O6S. The van der Waals surface area contributed by atoms with Gasteiger partial charge in [0, 0.05) is 18.7 Å². The van der Waals surface area contributed by atoms with Crippen molar-refractivity contribution >= 4 is 39.7 Å². The number of benzene rings is 2. The number of anilines is 2. The fourth-order valence-electron chi connectivity index (χ4n) is 2.78. The van der Waals surface area contributed by atoms with Crippen LogP contribution in [0.5, 0.6) is 17.2 Å². The van der Waals surface area contributed by atoms with Gasteiger partial charge in [-0.2, -0.15) is 0 Å². The first-order valence-electron chi connectivity index (χ1n) is 9.65. The second kappa shape index (κ2) is 12.4. The quantitative estimate of drug-likeness (QED) is 0.417. The van der Waals surface area contributed by atoms with Crippen LogP contribution in [0.2, 0.25) is 0 Å². The molecule has 0 saturated carbocycles. The molecule has 0 bridgehead atoms. The van der Waals surface area contributed by atoms with Gasteiger partial charge in [-0.3, -0.25) is 9.52 Å². The van der Waals surface area contributed by atoms with E-state index in [9.17, 15) is 13.2 Å². The van der Waals surface area contributed by atoms with Gasteiger partial charge in [-0.1, -0.05) is 19.9 Å². The van der Waals surface area contributed by atoms with Gasteiger partial charge in [-0.25, -0.2) is 8.42 Å². The monoisotopic (exact) mass is 487 g/mol. The van der Waals surface area contributed by atoms with Crippen LogP contribution in [0.4, 0.5) is 11.4 Å². The van der Waals surface area contributed by atoms with Gasteiger partial charge in [-0.15, -0.1) is 12.4 Å². The van der Waals surface area contributed by atoms with Crippen LogP contribution in [-0.2, 0) is 10.0 Å². The summed E-state index contributed by atoms with van der Waals surface area (Å²) in [5, 5.41) is 5.94. The molecule has 0 radical (unpaired) electrons. The highest BCUT2D eigenvalue weighted by atomic mass is 35.5. The number of sulfonamides is 1. The number of ether oxygens (including phenoxy) is 3. The second-order valence-electron chi connectivity index (χ2n) is 7.03. The summed E-state index contributed by atoms with van der Waals surface area (Å²) in [5.74, 6) is 0.601. The minimum absolute atomic E-state index is 0. The highest BCUT2D eigenvalue weighted by Crippen LogP contribution is 2.32. The SMILES string of the molecule is COc1cccc(OC)c1C(=O)Nc1ccc(OCCNC(C)C)cc1NS(C)(=O)=O.Cl. The van der Waals surface area contributed by atoms with Gasteiger partial charge in [0.25, 0.3) is 5.91 Å². The van der Waals surface area contributed by atoms with E-state index in [1.807, 2.05) is 13.8 Å². The molecule has 0 fully saturated rings. The predicted octanol–water partition coefficient (Wildman–Crippen LogP) is 3.13. The molecule has 178 valence electrons. The highest BCUT2D eigenvalue weighted by Gasteiger charge is 2.20. The van der Waals surface area contributed by atoms with E-state index in [1.165, 1.54) is 20.3 Å². The molecule has 0 aliphatic rings. The number of amides is 1. The summed E-state index contributed by atoms with van der Waals surface area (Å²) in [6.07, 6.45) is 1.03. The molecular weight excluding hydrogens is 458 g/mol. The Hall–Kier alpha value is -2.69. The lowest BCUT2D eigenvalue weighted by atomic mass is 10.1. The second-order valence-corrected chi connectivity index (χ2v) is 8.78. The van der Waals surface area contributed by atoms with Crippen molar-refractivity contribution in [3.63, 3.8) is 0 Å². The molecule has 3 N–H and O–H groups in total. The maximum atomic E-state index is 13.0. The van der Waals surface area contributed by atoms with Gasteiger partial charge in [0.2, 0.25) is 10.0 Å². The molecule has 2 aromatic rings. The van der Waals surface area contributed by atoms with Crippen LogP contribution < -0.4 is 29.6 Å². The lowest BCUT2D eigenvalue weighted by Gasteiger charge is -2.17. The maximum absolute atomic E-state index is 13.0. The van der Waals surface area contributed by atoms with Crippen LogP contribution in [0, 0.1) is 0 Å². The fourth-order valence-corrected chi connectivity index (χ4v) is 3.35. The van der Waals surface area contributed by atoms with E-state index in [-0.39, 0.29) is 29.3 Å². The minimum Gasteiger partial charge on any atom is -0.496 e. The Morgan fingerprint density at radius 1 is 1.03 bits per heavy atom. The third kappa shape index (κ3) is 8.10. The zero-order valence-electron chi connectivity index (χ0n) is 18.7. The minimum atomic E-state index is -3.60. The molecule has 0 spiro atoms. The summed E-state index contributed by atoms with van der Waals surface area (Å²) in [7, 11) is -0.704. The molecule has 32 heavy (non-hydrogen) atoms.